The van der Waals surface area contributed by atoms with Crippen molar-refractivity contribution in [2.45, 2.75) is 6.54 Å². The van der Waals surface area contributed by atoms with E-state index in [1.807, 2.05) is 7.05 Å². The van der Waals surface area contributed by atoms with E-state index in [9.17, 15) is 0 Å². The van der Waals surface area contributed by atoms with E-state index in [0.717, 1.165) is 5.69 Å². The van der Waals surface area contributed by atoms with Crippen LogP contribution < -0.4 is 5.32 Å². The molecular weight excluding hydrogens is 214 g/mol. The van der Waals surface area contributed by atoms with Crippen molar-refractivity contribution in [3.63, 3.8) is 0 Å². The molecule has 0 aromatic carbocycles. The minimum atomic E-state index is 0.626. The minimum Gasteiger partial charge on any atom is -0.314 e. The number of nitrogens with zero attached hydrogens (tertiary/aromatic N) is 4. The van der Waals surface area contributed by atoms with Gasteiger partial charge in [-0.3, -0.25) is 0 Å². The van der Waals surface area contributed by atoms with Gasteiger partial charge in [-0.25, -0.2) is 14.6 Å². The number of hydrogen-bond acceptors (Lipinski definition) is 4. The van der Waals surface area contributed by atoms with E-state index >= 15 is 0 Å². The number of nitrogens with one attached hydrogen (secondary N) is 1. The third-order valence-corrected chi connectivity index (χ3v) is 2.25. The van der Waals surface area contributed by atoms with Crippen molar-refractivity contribution >= 4 is 11.6 Å². The minimum absolute atomic E-state index is 0.626. The molecule has 0 saturated carbocycles. The van der Waals surface area contributed by atoms with Crippen molar-refractivity contribution in [3.8, 4) is 5.82 Å². The largest absolute Gasteiger partial charge is 0.314 e. The Hall–Kier alpha value is -1.46. The molecule has 0 aliphatic rings. The summed E-state index contributed by atoms with van der Waals surface area (Å²) in [5, 5.41) is 7.65. The Morgan fingerprint density at radius 3 is 3.00 bits per heavy atom. The second-order valence-electron chi connectivity index (χ2n) is 2.97. The number of pyridine rings is 1. The first-order chi connectivity index (χ1) is 7.31. The average Bonchev–Trinajstić information content (AvgIpc) is 2.75. The van der Waals surface area contributed by atoms with Gasteiger partial charge in [0.05, 0.1) is 10.7 Å². The number of aromatic nitrogens is 4. The van der Waals surface area contributed by atoms with Crippen LogP contribution in [0.3, 0.4) is 0 Å². The zero-order valence-electron chi connectivity index (χ0n) is 8.18. The zero-order chi connectivity index (χ0) is 10.7. The van der Waals surface area contributed by atoms with Gasteiger partial charge in [0.15, 0.2) is 5.82 Å². The van der Waals surface area contributed by atoms with Gasteiger partial charge in [0.25, 0.3) is 0 Å². The van der Waals surface area contributed by atoms with Gasteiger partial charge in [-0.2, -0.15) is 5.10 Å². The molecule has 5 nitrogen and oxygen atoms in total. The molecule has 2 heterocycles. The molecule has 2 rings (SSSR count). The standard InChI is InChI=1S/C9H10ClN5/c1-11-4-8-7(10)2-3-9(14-8)15-6-12-5-13-15/h2-3,5-6,11H,4H2,1H3. The van der Waals surface area contributed by atoms with E-state index in [1.54, 1.807) is 23.1 Å². The number of rotatable bonds is 3. The van der Waals surface area contributed by atoms with Crippen LogP contribution >= 0.6 is 11.6 Å². The summed E-state index contributed by atoms with van der Waals surface area (Å²) in [5.41, 5.74) is 0.798. The molecule has 1 N–H and O–H groups in total. The van der Waals surface area contributed by atoms with Crippen LogP contribution in [0.2, 0.25) is 5.02 Å². The molecule has 0 aliphatic heterocycles. The molecule has 0 unspecified atom stereocenters. The summed E-state index contributed by atoms with van der Waals surface area (Å²) in [7, 11) is 1.85. The first kappa shape index (κ1) is 10.1. The lowest BCUT2D eigenvalue weighted by Gasteiger charge is -2.05. The predicted molar refractivity (Wildman–Crippen MR) is 56.9 cm³/mol. The molecule has 2 aromatic rings. The molecule has 0 aliphatic carbocycles. The van der Waals surface area contributed by atoms with Gasteiger partial charge >= 0.3 is 0 Å². The van der Waals surface area contributed by atoms with Crippen LogP contribution in [0.15, 0.2) is 24.8 Å². The maximum atomic E-state index is 5.99. The van der Waals surface area contributed by atoms with Crippen molar-refractivity contribution in [2.24, 2.45) is 0 Å². The summed E-state index contributed by atoms with van der Waals surface area (Å²) in [6.45, 7) is 0.626. The fourth-order valence-corrected chi connectivity index (χ4v) is 1.39. The van der Waals surface area contributed by atoms with Gasteiger partial charge in [0.2, 0.25) is 0 Å². The molecule has 0 amide bonds. The Morgan fingerprint density at radius 1 is 1.47 bits per heavy atom. The van der Waals surface area contributed by atoms with Crippen LogP contribution in [0.25, 0.3) is 5.82 Å². The zero-order valence-corrected chi connectivity index (χ0v) is 8.94. The molecule has 0 saturated heterocycles. The lowest BCUT2D eigenvalue weighted by molar-refractivity contribution is 0.769. The molecule has 78 valence electrons. The monoisotopic (exact) mass is 223 g/mol. The van der Waals surface area contributed by atoms with Gasteiger partial charge in [-0.15, -0.1) is 0 Å². The van der Waals surface area contributed by atoms with E-state index in [0.29, 0.717) is 17.4 Å². The van der Waals surface area contributed by atoms with Crippen molar-refractivity contribution in [2.75, 3.05) is 7.05 Å². The Kier molecular flexibility index (Phi) is 2.94. The maximum Gasteiger partial charge on any atom is 0.155 e. The first-order valence-corrected chi connectivity index (χ1v) is 4.84. The van der Waals surface area contributed by atoms with Crippen molar-refractivity contribution in [1.82, 2.24) is 25.1 Å². The average molecular weight is 224 g/mol. The van der Waals surface area contributed by atoms with Crippen LogP contribution in [-0.4, -0.2) is 26.8 Å². The SMILES string of the molecule is CNCc1nc(-n2cncn2)ccc1Cl. The van der Waals surface area contributed by atoms with Crippen molar-refractivity contribution in [3.05, 3.63) is 35.5 Å². The first-order valence-electron chi connectivity index (χ1n) is 4.46. The fourth-order valence-electron chi connectivity index (χ4n) is 1.22. The number of halogens is 1. The Bertz CT molecular complexity index is 440. The Balaban J connectivity index is 2.38. The van der Waals surface area contributed by atoms with Crippen LogP contribution in [0.4, 0.5) is 0 Å². The second kappa shape index (κ2) is 4.37. The lowest BCUT2D eigenvalue weighted by Crippen LogP contribution is -2.09. The van der Waals surface area contributed by atoms with E-state index in [4.69, 9.17) is 11.6 Å². The van der Waals surface area contributed by atoms with Gasteiger partial charge in [0.1, 0.15) is 12.7 Å². The maximum absolute atomic E-state index is 5.99. The van der Waals surface area contributed by atoms with E-state index < -0.39 is 0 Å². The summed E-state index contributed by atoms with van der Waals surface area (Å²) >= 11 is 5.99. The quantitative estimate of drug-likeness (QED) is 0.845. The fraction of sp³-hybridized carbons (Fsp3) is 0.222. The normalized spacial score (nSPS) is 10.5. The van der Waals surface area contributed by atoms with E-state index in [2.05, 4.69) is 20.4 Å². The molecule has 0 radical (unpaired) electrons. The second-order valence-corrected chi connectivity index (χ2v) is 3.38. The van der Waals surface area contributed by atoms with Crippen molar-refractivity contribution in [1.29, 1.82) is 0 Å². The van der Waals surface area contributed by atoms with Gasteiger partial charge in [-0.1, -0.05) is 11.6 Å². The highest BCUT2D eigenvalue weighted by molar-refractivity contribution is 6.31. The molecule has 0 bridgehead atoms. The highest BCUT2D eigenvalue weighted by atomic mass is 35.5. The molecule has 2 aromatic heterocycles. The summed E-state index contributed by atoms with van der Waals surface area (Å²) in [5.74, 6) is 0.710. The smallest absolute Gasteiger partial charge is 0.155 e. The van der Waals surface area contributed by atoms with Crippen molar-refractivity contribution < 1.29 is 0 Å². The van der Waals surface area contributed by atoms with Crippen LogP contribution in [0.5, 0.6) is 0 Å². The Morgan fingerprint density at radius 2 is 2.33 bits per heavy atom. The van der Waals surface area contributed by atoms with E-state index in [-0.39, 0.29) is 0 Å². The molecule has 0 spiro atoms. The highest BCUT2D eigenvalue weighted by Gasteiger charge is 2.04. The molecule has 0 atom stereocenters. The summed E-state index contributed by atoms with van der Waals surface area (Å²) in [4.78, 5) is 8.23. The molecular formula is C9H10ClN5. The predicted octanol–water partition coefficient (Wildman–Crippen LogP) is 1.04. The Labute approximate surface area is 92.1 Å². The summed E-state index contributed by atoms with van der Waals surface area (Å²) in [6.07, 6.45) is 3.06. The van der Waals surface area contributed by atoms with Crippen LogP contribution in [0.1, 0.15) is 5.69 Å². The molecule has 6 heteroatoms. The van der Waals surface area contributed by atoms with Gasteiger partial charge in [0, 0.05) is 6.54 Å². The third-order valence-electron chi connectivity index (χ3n) is 1.90. The molecule has 15 heavy (non-hydrogen) atoms. The number of hydrogen-bond donors (Lipinski definition) is 1. The highest BCUT2D eigenvalue weighted by Crippen LogP contribution is 2.15. The summed E-state index contributed by atoms with van der Waals surface area (Å²) < 4.78 is 1.59. The van der Waals surface area contributed by atoms with Gasteiger partial charge < -0.3 is 5.32 Å². The van der Waals surface area contributed by atoms with E-state index in [1.165, 1.54) is 6.33 Å². The summed E-state index contributed by atoms with van der Waals surface area (Å²) in [6, 6.07) is 3.61. The van der Waals surface area contributed by atoms with Gasteiger partial charge in [-0.05, 0) is 19.2 Å². The topological polar surface area (TPSA) is 55.6 Å². The lowest BCUT2D eigenvalue weighted by atomic mass is 10.3. The van der Waals surface area contributed by atoms with Crippen LogP contribution in [0, 0.1) is 0 Å². The van der Waals surface area contributed by atoms with Crippen LogP contribution in [-0.2, 0) is 6.54 Å². The molecule has 0 fully saturated rings. The third kappa shape index (κ3) is 2.14.